The SMILES string of the molecule is C=C1SC(SC)=C(SC)S1. The van der Waals surface area contributed by atoms with Crippen LogP contribution in [0.1, 0.15) is 0 Å². The second-order valence-electron chi connectivity index (χ2n) is 1.56. The van der Waals surface area contributed by atoms with Gasteiger partial charge in [-0.05, 0) is 12.5 Å². The first kappa shape index (κ1) is 8.97. The minimum atomic E-state index is 1.20. The van der Waals surface area contributed by atoms with Crippen molar-refractivity contribution in [2.24, 2.45) is 0 Å². The van der Waals surface area contributed by atoms with Gasteiger partial charge < -0.3 is 0 Å². The zero-order valence-corrected chi connectivity index (χ0v) is 9.11. The van der Waals surface area contributed by atoms with Crippen molar-refractivity contribution in [3.8, 4) is 0 Å². The monoisotopic (exact) mass is 208 g/mol. The lowest BCUT2D eigenvalue weighted by Gasteiger charge is -1.94. The summed E-state index contributed by atoms with van der Waals surface area (Å²) in [6.45, 7) is 3.91. The molecule has 0 fully saturated rings. The molecule has 0 N–H and O–H groups in total. The Morgan fingerprint density at radius 3 is 1.80 bits per heavy atom. The van der Waals surface area contributed by atoms with Gasteiger partial charge in [-0.1, -0.05) is 30.1 Å². The molecule has 56 valence electrons. The molecule has 1 aliphatic heterocycles. The highest BCUT2D eigenvalue weighted by atomic mass is 32.3. The van der Waals surface area contributed by atoms with Gasteiger partial charge in [0.05, 0.1) is 8.47 Å². The molecule has 0 atom stereocenters. The number of hydrogen-bond acceptors (Lipinski definition) is 4. The van der Waals surface area contributed by atoms with Gasteiger partial charge in [0.2, 0.25) is 0 Å². The molecular formula is C6H8S4. The first-order valence-corrected chi connectivity index (χ1v) is 6.73. The molecule has 1 heterocycles. The minimum Gasteiger partial charge on any atom is -0.121 e. The first-order chi connectivity index (χ1) is 4.77. The van der Waals surface area contributed by atoms with Gasteiger partial charge in [-0.2, -0.15) is 0 Å². The quantitative estimate of drug-likeness (QED) is 0.677. The summed E-state index contributed by atoms with van der Waals surface area (Å²) in [5, 5.41) is 0. The van der Waals surface area contributed by atoms with Crippen LogP contribution in [-0.2, 0) is 0 Å². The van der Waals surface area contributed by atoms with Crippen LogP contribution < -0.4 is 0 Å². The van der Waals surface area contributed by atoms with Gasteiger partial charge in [0.15, 0.2) is 0 Å². The summed E-state index contributed by atoms with van der Waals surface area (Å²) in [6, 6.07) is 0. The lowest BCUT2D eigenvalue weighted by molar-refractivity contribution is 2.30. The number of thioether (sulfide) groups is 4. The summed E-state index contributed by atoms with van der Waals surface area (Å²) < 4.78 is 4.01. The Labute approximate surface area is 78.7 Å². The number of hydrogen-bond donors (Lipinski definition) is 0. The van der Waals surface area contributed by atoms with E-state index in [1.165, 1.54) is 12.7 Å². The van der Waals surface area contributed by atoms with Gasteiger partial charge in [0.1, 0.15) is 0 Å². The standard InChI is InChI=1S/C6H8S4/c1-4-9-5(7-2)6(8-3)10-4/h1H2,2-3H3. The molecule has 0 amide bonds. The van der Waals surface area contributed by atoms with Gasteiger partial charge in [-0.25, -0.2) is 0 Å². The van der Waals surface area contributed by atoms with Crippen molar-refractivity contribution in [1.82, 2.24) is 0 Å². The third-order valence-corrected chi connectivity index (χ3v) is 5.85. The minimum absolute atomic E-state index is 1.20. The predicted molar refractivity (Wildman–Crippen MR) is 58.4 cm³/mol. The zero-order valence-electron chi connectivity index (χ0n) is 5.84. The van der Waals surface area contributed by atoms with Crippen LogP contribution in [0.5, 0.6) is 0 Å². The van der Waals surface area contributed by atoms with E-state index in [0.717, 1.165) is 0 Å². The normalized spacial score (nSPS) is 18.8. The third-order valence-electron chi connectivity index (χ3n) is 0.951. The van der Waals surface area contributed by atoms with Crippen LogP contribution in [0.15, 0.2) is 19.3 Å². The largest absolute Gasteiger partial charge is 0.121 e. The Morgan fingerprint density at radius 2 is 1.50 bits per heavy atom. The highest BCUT2D eigenvalue weighted by Gasteiger charge is 2.17. The molecule has 0 aliphatic carbocycles. The van der Waals surface area contributed by atoms with Crippen molar-refractivity contribution in [1.29, 1.82) is 0 Å². The molecule has 1 aliphatic rings. The van der Waals surface area contributed by atoms with E-state index in [-0.39, 0.29) is 0 Å². The third kappa shape index (κ3) is 1.94. The van der Waals surface area contributed by atoms with Crippen molar-refractivity contribution in [2.75, 3.05) is 12.5 Å². The van der Waals surface area contributed by atoms with Crippen molar-refractivity contribution in [2.45, 2.75) is 0 Å². The summed E-state index contributed by atoms with van der Waals surface area (Å²) in [5.74, 6) is 0. The fourth-order valence-electron chi connectivity index (χ4n) is 0.561. The molecule has 0 aromatic carbocycles. The summed E-state index contributed by atoms with van der Waals surface area (Å²) >= 11 is 7.19. The zero-order chi connectivity index (χ0) is 7.56. The van der Waals surface area contributed by atoms with Gasteiger partial charge in [-0.3, -0.25) is 0 Å². The maximum atomic E-state index is 3.91. The molecule has 1 rings (SSSR count). The summed E-state index contributed by atoms with van der Waals surface area (Å²) in [5.41, 5.74) is 0. The smallest absolute Gasteiger partial charge is 0.0656 e. The molecule has 0 aromatic heterocycles. The van der Waals surface area contributed by atoms with Crippen molar-refractivity contribution in [3.63, 3.8) is 0 Å². The van der Waals surface area contributed by atoms with Crippen LogP contribution in [0.25, 0.3) is 0 Å². The molecule has 0 saturated carbocycles. The van der Waals surface area contributed by atoms with Crippen molar-refractivity contribution < 1.29 is 0 Å². The lowest BCUT2D eigenvalue weighted by Crippen LogP contribution is -1.63. The summed E-state index contributed by atoms with van der Waals surface area (Å²) in [6.07, 6.45) is 4.22. The molecule has 0 radical (unpaired) electrons. The highest BCUT2D eigenvalue weighted by Crippen LogP contribution is 2.55. The van der Waals surface area contributed by atoms with Gasteiger partial charge in [0, 0.05) is 4.24 Å². The number of rotatable bonds is 2. The van der Waals surface area contributed by atoms with E-state index in [4.69, 9.17) is 0 Å². The maximum absolute atomic E-state index is 3.91. The Hall–Kier alpha value is 0.880. The van der Waals surface area contributed by atoms with Gasteiger partial charge >= 0.3 is 0 Å². The van der Waals surface area contributed by atoms with E-state index in [9.17, 15) is 0 Å². The maximum Gasteiger partial charge on any atom is 0.0656 e. The molecule has 0 saturated heterocycles. The van der Waals surface area contributed by atoms with Crippen molar-refractivity contribution >= 4 is 47.0 Å². The van der Waals surface area contributed by atoms with Crippen LogP contribution in [0.2, 0.25) is 0 Å². The van der Waals surface area contributed by atoms with E-state index in [2.05, 4.69) is 19.1 Å². The molecule has 0 spiro atoms. The second-order valence-corrected chi connectivity index (χ2v) is 6.18. The summed E-state index contributed by atoms with van der Waals surface area (Å²) in [4.78, 5) is 0. The molecule has 0 bridgehead atoms. The molecule has 0 aromatic rings. The lowest BCUT2D eigenvalue weighted by atomic mass is 11.2. The Morgan fingerprint density at radius 1 is 1.10 bits per heavy atom. The topological polar surface area (TPSA) is 0 Å². The predicted octanol–water partition coefficient (Wildman–Crippen LogP) is 3.79. The van der Waals surface area contributed by atoms with E-state index < -0.39 is 0 Å². The Bertz CT molecular complexity index is 164. The fraction of sp³-hybridized carbons (Fsp3) is 0.333. The molecule has 4 heteroatoms. The average Bonchev–Trinajstić information content (AvgIpc) is 2.30. The summed E-state index contributed by atoms with van der Waals surface area (Å²) in [7, 11) is 0. The van der Waals surface area contributed by atoms with Crippen molar-refractivity contribution in [3.05, 3.63) is 19.3 Å². The Balaban J connectivity index is 2.70. The molecule has 0 nitrogen and oxygen atoms in total. The fourth-order valence-corrected chi connectivity index (χ4v) is 5.23. The first-order valence-electron chi connectivity index (χ1n) is 2.64. The van der Waals surface area contributed by atoms with E-state index in [0.29, 0.717) is 0 Å². The van der Waals surface area contributed by atoms with Crippen LogP contribution in [0.4, 0.5) is 0 Å². The van der Waals surface area contributed by atoms with Gasteiger partial charge in [-0.15, -0.1) is 23.5 Å². The molecule has 10 heavy (non-hydrogen) atoms. The average molecular weight is 208 g/mol. The van der Waals surface area contributed by atoms with Crippen LogP contribution in [-0.4, -0.2) is 12.5 Å². The molecule has 0 unspecified atom stereocenters. The van der Waals surface area contributed by atoms with Gasteiger partial charge in [0.25, 0.3) is 0 Å². The van der Waals surface area contributed by atoms with E-state index >= 15 is 0 Å². The van der Waals surface area contributed by atoms with Crippen LogP contribution in [0, 0.1) is 0 Å². The van der Waals surface area contributed by atoms with E-state index in [1.54, 1.807) is 23.5 Å². The Kier molecular flexibility index (Phi) is 3.63. The second kappa shape index (κ2) is 4.04. The van der Waals surface area contributed by atoms with Crippen LogP contribution >= 0.6 is 47.0 Å². The van der Waals surface area contributed by atoms with E-state index in [1.807, 2.05) is 23.5 Å². The molecular weight excluding hydrogens is 200 g/mol. The van der Waals surface area contributed by atoms with Crippen LogP contribution in [0.3, 0.4) is 0 Å². The highest BCUT2D eigenvalue weighted by molar-refractivity contribution is 8.40.